The van der Waals surface area contributed by atoms with Gasteiger partial charge in [-0.15, -0.1) is 0 Å². The first kappa shape index (κ1) is 15.2. The molecule has 0 aromatic carbocycles. The summed E-state index contributed by atoms with van der Waals surface area (Å²) in [4.78, 5) is 0. The first-order valence-corrected chi connectivity index (χ1v) is 9.93. The molecule has 2 N–H and O–H groups in total. The summed E-state index contributed by atoms with van der Waals surface area (Å²) in [5, 5.41) is 0. The molecule has 0 aromatic heterocycles. The largest absolute Gasteiger partial charge is 0.330 e. The van der Waals surface area contributed by atoms with Crippen LogP contribution in [-0.4, -0.2) is 14.6 Å². The molecule has 92 valence electrons. The van der Waals surface area contributed by atoms with Gasteiger partial charge in [0.2, 0.25) is 0 Å². The maximum Gasteiger partial charge on any atom is 0.0448 e. The van der Waals surface area contributed by atoms with Crippen LogP contribution in [0, 0.1) is 10.8 Å². The molecule has 0 aliphatic rings. The molecular formula is C13H31NSi. The van der Waals surface area contributed by atoms with Gasteiger partial charge in [-0.2, -0.15) is 0 Å². The van der Waals surface area contributed by atoms with Crippen LogP contribution in [0.1, 0.15) is 40.5 Å². The first-order valence-electron chi connectivity index (χ1n) is 6.22. The third-order valence-electron chi connectivity index (χ3n) is 3.81. The van der Waals surface area contributed by atoms with Crippen molar-refractivity contribution in [2.75, 3.05) is 6.54 Å². The standard InChI is InChI=1S/C13H31NSi/c1-12(2,9-8-10-14)13(3,4)11-15(5,6)7/h8-11,14H2,1-7H3. The van der Waals surface area contributed by atoms with Crippen LogP contribution >= 0.6 is 0 Å². The van der Waals surface area contributed by atoms with Gasteiger partial charge in [-0.25, -0.2) is 0 Å². The fourth-order valence-electron chi connectivity index (χ4n) is 2.45. The van der Waals surface area contributed by atoms with Crippen molar-refractivity contribution in [2.45, 2.75) is 66.2 Å². The Morgan fingerprint density at radius 2 is 1.40 bits per heavy atom. The molecule has 0 heterocycles. The molecule has 0 saturated heterocycles. The van der Waals surface area contributed by atoms with Gasteiger partial charge < -0.3 is 5.73 Å². The summed E-state index contributed by atoms with van der Waals surface area (Å²) in [6, 6.07) is 1.40. The van der Waals surface area contributed by atoms with Crippen molar-refractivity contribution in [3.05, 3.63) is 0 Å². The van der Waals surface area contributed by atoms with E-state index in [0.29, 0.717) is 10.8 Å². The Morgan fingerprint density at radius 3 is 1.73 bits per heavy atom. The Morgan fingerprint density at radius 1 is 0.933 bits per heavy atom. The Kier molecular flexibility index (Phi) is 5.06. The van der Waals surface area contributed by atoms with Gasteiger partial charge in [-0.3, -0.25) is 0 Å². The summed E-state index contributed by atoms with van der Waals surface area (Å²) in [5.41, 5.74) is 6.46. The van der Waals surface area contributed by atoms with Gasteiger partial charge in [0.25, 0.3) is 0 Å². The van der Waals surface area contributed by atoms with Crippen molar-refractivity contribution in [1.82, 2.24) is 0 Å². The predicted molar refractivity (Wildman–Crippen MR) is 74.0 cm³/mol. The average Bonchev–Trinajstić information content (AvgIpc) is 1.96. The fraction of sp³-hybridized carbons (Fsp3) is 1.00. The molecule has 0 fully saturated rings. The van der Waals surface area contributed by atoms with Crippen LogP contribution in [0.5, 0.6) is 0 Å². The van der Waals surface area contributed by atoms with Crippen molar-refractivity contribution in [3.8, 4) is 0 Å². The molecule has 0 unspecified atom stereocenters. The van der Waals surface area contributed by atoms with E-state index in [1.165, 1.54) is 12.5 Å². The summed E-state index contributed by atoms with van der Waals surface area (Å²) in [7, 11) is -0.973. The molecular weight excluding hydrogens is 198 g/mol. The van der Waals surface area contributed by atoms with E-state index in [2.05, 4.69) is 47.3 Å². The zero-order valence-corrected chi connectivity index (χ0v) is 12.9. The highest BCUT2D eigenvalue weighted by Crippen LogP contribution is 2.47. The van der Waals surface area contributed by atoms with E-state index in [4.69, 9.17) is 5.73 Å². The van der Waals surface area contributed by atoms with E-state index in [1.54, 1.807) is 0 Å². The molecule has 0 amide bonds. The number of nitrogens with two attached hydrogens (primary N) is 1. The molecule has 0 aliphatic heterocycles. The number of rotatable bonds is 6. The lowest BCUT2D eigenvalue weighted by atomic mass is 9.66. The first-order chi connectivity index (χ1) is 6.52. The third kappa shape index (κ3) is 5.16. The molecule has 0 saturated carbocycles. The second-order valence-corrected chi connectivity index (χ2v) is 12.9. The molecule has 0 aliphatic carbocycles. The van der Waals surface area contributed by atoms with Gasteiger partial charge in [-0.1, -0.05) is 53.4 Å². The fourth-order valence-corrected chi connectivity index (χ4v) is 5.58. The van der Waals surface area contributed by atoms with Gasteiger partial charge in [-0.05, 0) is 30.2 Å². The second kappa shape index (κ2) is 5.01. The van der Waals surface area contributed by atoms with Crippen molar-refractivity contribution in [1.29, 1.82) is 0 Å². The lowest BCUT2D eigenvalue weighted by Crippen LogP contribution is -2.39. The Hall–Kier alpha value is 0.177. The highest BCUT2D eigenvalue weighted by Gasteiger charge is 2.39. The summed E-state index contributed by atoms with van der Waals surface area (Å²) in [6.07, 6.45) is 2.41. The maximum absolute atomic E-state index is 5.61. The van der Waals surface area contributed by atoms with Crippen molar-refractivity contribution >= 4 is 8.07 Å². The minimum absolute atomic E-state index is 0.409. The van der Waals surface area contributed by atoms with Crippen LogP contribution in [-0.2, 0) is 0 Å². The smallest absolute Gasteiger partial charge is 0.0448 e. The quantitative estimate of drug-likeness (QED) is 0.681. The Balaban J connectivity index is 4.54. The van der Waals surface area contributed by atoms with E-state index in [-0.39, 0.29) is 0 Å². The van der Waals surface area contributed by atoms with Crippen molar-refractivity contribution in [2.24, 2.45) is 16.6 Å². The molecule has 0 aromatic rings. The molecule has 0 atom stereocenters. The van der Waals surface area contributed by atoms with E-state index in [9.17, 15) is 0 Å². The molecule has 15 heavy (non-hydrogen) atoms. The van der Waals surface area contributed by atoms with E-state index in [0.717, 1.165) is 13.0 Å². The van der Waals surface area contributed by atoms with Gasteiger partial charge in [0, 0.05) is 8.07 Å². The van der Waals surface area contributed by atoms with Crippen LogP contribution in [0.3, 0.4) is 0 Å². The zero-order chi connectivity index (χ0) is 12.3. The molecule has 0 spiro atoms. The summed E-state index contributed by atoms with van der Waals surface area (Å²) >= 11 is 0. The second-order valence-electron chi connectivity index (χ2n) is 7.40. The average molecular weight is 229 g/mol. The monoisotopic (exact) mass is 229 g/mol. The van der Waals surface area contributed by atoms with Crippen LogP contribution in [0.15, 0.2) is 0 Å². The molecule has 0 bridgehead atoms. The normalized spacial score (nSPS) is 14.4. The van der Waals surface area contributed by atoms with Gasteiger partial charge >= 0.3 is 0 Å². The minimum Gasteiger partial charge on any atom is -0.330 e. The van der Waals surface area contributed by atoms with Crippen LogP contribution < -0.4 is 5.73 Å². The Labute approximate surface area is 97.8 Å². The number of hydrogen-bond acceptors (Lipinski definition) is 1. The highest BCUT2D eigenvalue weighted by atomic mass is 28.3. The number of hydrogen-bond donors (Lipinski definition) is 1. The molecule has 1 nitrogen and oxygen atoms in total. The van der Waals surface area contributed by atoms with Crippen molar-refractivity contribution < 1.29 is 0 Å². The minimum atomic E-state index is -0.973. The van der Waals surface area contributed by atoms with Crippen LogP contribution in [0.25, 0.3) is 0 Å². The Bertz CT molecular complexity index is 189. The summed E-state index contributed by atoms with van der Waals surface area (Å²) in [5.74, 6) is 0. The lowest BCUT2D eigenvalue weighted by molar-refractivity contribution is 0.116. The zero-order valence-electron chi connectivity index (χ0n) is 11.9. The summed E-state index contributed by atoms with van der Waals surface area (Å²) < 4.78 is 0. The third-order valence-corrected chi connectivity index (χ3v) is 5.75. The SMILES string of the molecule is CC(C)(CCCN)C(C)(C)C[Si](C)(C)C. The van der Waals surface area contributed by atoms with Crippen LogP contribution in [0.4, 0.5) is 0 Å². The molecule has 2 heteroatoms. The predicted octanol–water partition coefficient (Wildman–Crippen LogP) is 4.12. The summed E-state index contributed by atoms with van der Waals surface area (Å²) in [6.45, 7) is 17.9. The van der Waals surface area contributed by atoms with Crippen molar-refractivity contribution in [3.63, 3.8) is 0 Å². The highest BCUT2D eigenvalue weighted by molar-refractivity contribution is 6.76. The molecule has 0 radical (unpaired) electrons. The van der Waals surface area contributed by atoms with Gasteiger partial charge in [0.15, 0.2) is 0 Å². The molecule has 0 rings (SSSR count). The topological polar surface area (TPSA) is 26.0 Å². The van der Waals surface area contributed by atoms with E-state index in [1.807, 2.05) is 0 Å². The van der Waals surface area contributed by atoms with E-state index >= 15 is 0 Å². The van der Waals surface area contributed by atoms with Gasteiger partial charge in [0.1, 0.15) is 0 Å². The maximum atomic E-state index is 5.61. The van der Waals surface area contributed by atoms with Gasteiger partial charge in [0.05, 0.1) is 0 Å². The van der Waals surface area contributed by atoms with E-state index < -0.39 is 8.07 Å². The lowest BCUT2D eigenvalue weighted by Gasteiger charge is -2.45. The van der Waals surface area contributed by atoms with Crippen LogP contribution in [0.2, 0.25) is 25.7 Å².